The fourth-order valence-electron chi connectivity index (χ4n) is 1.73. The summed E-state index contributed by atoms with van der Waals surface area (Å²) in [5, 5.41) is 0. The number of pyridine rings is 2. The number of aryl methyl sites for hydroxylation is 1. The van der Waals surface area contributed by atoms with E-state index in [2.05, 4.69) is 4.98 Å². The zero-order chi connectivity index (χ0) is 12.4. The molecule has 0 N–H and O–H groups in total. The minimum atomic E-state index is 0.0128. The number of rotatable bonds is 2. The molecule has 0 unspecified atom stereocenters. The summed E-state index contributed by atoms with van der Waals surface area (Å²) in [6.07, 6.45) is 3.52. The van der Waals surface area contributed by atoms with Crippen LogP contribution < -0.4 is 5.56 Å². The van der Waals surface area contributed by atoms with Crippen molar-refractivity contribution < 1.29 is 0 Å². The van der Waals surface area contributed by atoms with E-state index in [1.807, 2.05) is 45.0 Å². The van der Waals surface area contributed by atoms with Gasteiger partial charge in [-0.2, -0.15) is 0 Å². The molecule has 0 radical (unpaired) electrons. The summed E-state index contributed by atoms with van der Waals surface area (Å²) < 4.78 is 1.59. The van der Waals surface area contributed by atoms with Crippen LogP contribution in [0, 0.1) is 6.92 Å². The average molecular weight is 228 g/mol. The van der Waals surface area contributed by atoms with Crippen LogP contribution >= 0.6 is 0 Å². The Kier molecular flexibility index (Phi) is 3.09. The Morgan fingerprint density at radius 1 is 1.24 bits per heavy atom. The van der Waals surface area contributed by atoms with Gasteiger partial charge in [-0.05, 0) is 30.5 Å². The van der Waals surface area contributed by atoms with E-state index in [9.17, 15) is 4.79 Å². The van der Waals surface area contributed by atoms with E-state index in [0.717, 1.165) is 11.1 Å². The normalized spacial score (nSPS) is 10.8. The van der Waals surface area contributed by atoms with E-state index in [0.29, 0.717) is 5.82 Å². The van der Waals surface area contributed by atoms with Gasteiger partial charge in [0.25, 0.3) is 5.56 Å². The molecular formula is C14H16N2O. The lowest BCUT2D eigenvalue weighted by Crippen LogP contribution is -2.22. The second-order valence-electron chi connectivity index (χ2n) is 4.49. The van der Waals surface area contributed by atoms with Crippen LogP contribution in [0.15, 0.2) is 41.5 Å². The molecule has 0 bridgehead atoms. The van der Waals surface area contributed by atoms with Crippen LogP contribution in [0.4, 0.5) is 0 Å². The van der Waals surface area contributed by atoms with Gasteiger partial charge in [0.1, 0.15) is 5.82 Å². The Morgan fingerprint density at radius 3 is 2.59 bits per heavy atom. The first-order valence-electron chi connectivity index (χ1n) is 5.74. The van der Waals surface area contributed by atoms with Crippen LogP contribution in [0.2, 0.25) is 0 Å². The van der Waals surface area contributed by atoms with Gasteiger partial charge in [0, 0.05) is 18.0 Å². The molecule has 2 aromatic rings. The van der Waals surface area contributed by atoms with Gasteiger partial charge >= 0.3 is 0 Å². The molecule has 0 amide bonds. The van der Waals surface area contributed by atoms with Crippen LogP contribution in [0.5, 0.6) is 0 Å². The molecular weight excluding hydrogens is 212 g/mol. The zero-order valence-electron chi connectivity index (χ0n) is 10.3. The quantitative estimate of drug-likeness (QED) is 0.792. The van der Waals surface area contributed by atoms with E-state index >= 15 is 0 Å². The van der Waals surface area contributed by atoms with Gasteiger partial charge in [0.05, 0.1) is 0 Å². The fourth-order valence-corrected chi connectivity index (χ4v) is 1.73. The SMILES string of the molecule is Cc1ccc(-n2cccc(C(C)C)c2=O)nc1. The summed E-state index contributed by atoms with van der Waals surface area (Å²) in [5.41, 5.74) is 1.91. The van der Waals surface area contributed by atoms with Crippen LogP contribution in [0.1, 0.15) is 30.9 Å². The summed E-state index contributed by atoms with van der Waals surface area (Å²) in [5.74, 6) is 0.892. The van der Waals surface area contributed by atoms with Gasteiger partial charge in [0.15, 0.2) is 0 Å². The molecule has 0 atom stereocenters. The maximum absolute atomic E-state index is 12.2. The minimum absolute atomic E-state index is 0.0128. The number of aromatic nitrogens is 2. The number of nitrogens with zero attached hydrogens (tertiary/aromatic N) is 2. The molecule has 3 nitrogen and oxygen atoms in total. The molecule has 0 aliphatic carbocycles. The number of hydrogen-bond acceptors (Lipinski definition) is 2. The third-order valence-corrected chi connectivity index (χ3v) is 2.74. The Bertz CT molecular complexity index is 568. The molecule has 2 rings (SSSR count). The zero-order valence-corrected chi connectivity index (χ0v) is 10.3. The van der Waals surface area contributed by atoms with Crippen molar-refractivity contribution in [3.63, 3.8) is 0 Å². The van der Waals surface area contributed by atoms with Gasteiger partial charge in [-0.25, -0.2) is 4.98 Å². The van der Waals surface area contributed by atoms with E-state index in [1.54, 1.807) is 17.0 Å². The van der Waals surface area contributed by atoms with Crippen molar-refractivity contribution in [2.75, 3.05) is 0 Å². The lowest BCUT2D eigenvalue weighted by atomic mass is 10.1. The van der Waals surface area contributed by atoms with Crippen molar-refractivity contribution in [1.29, 1.82) is 0 Å². The molecule has 0 spiro atoms. The molecule has 0 saturated carbocycles. The number of hydrogen-bond donors (Lipinski definition) is 0. The van der Waals surface area contributed by atoms with Gasteiger partial charge < -0.3 is 0 Å². The molecule has 0 aliphatic rings. The van der Waals surface area contributed by atoms with Crippen molar-refractivity contribution in [2.24, 2.45) is 0 Å². The average Bonchev–Trinajstić information content (AvgIpc) is 2.30. The highest BCUT2D eigenvalue weighted by Gasteiger charge is 2.08. The first kappa shape index (κ1) is 11.6. The molecule has 88 valence electrons. The first-order valence-corrected chi connectivity index (χ1v) is 5.74. The van der Waals surface area contributed by atoms with Crippen LogP contribution in [-0.4, -0.2) is 9.55 Å². The van der Waals surface area contributed by atoms with Gasteiger partial charge in [0.2, 0.25) is 0 Å². The summed E-state index contributed by atoms with van der Waals surface area (Å²) in [6.45, 7) is 6.01. The van der Waals surface area contributed by atoms with E-state index in [4.69, 9.17) is 0 Å². The maximum atomic E-state index is 12.2. The smallest absolute Gasteiger partial charge is 0.259 e. The van der Waals surface area contributed by atoms with Crippen molar-refractivity contribution >= 4 is 0 Å². The van der Waals surface area contributed by atoms with E-state index in [1.165, 1.54) is 0 Å². The van der Waals surface area contributed by atoms with Gasteiger partial charge in [-0.1, -0.05) is 26.0 Å². The van der Waals surface area contributed by atoms with Gasteiger partial charge in [-0.3, -0.25) is 9.36 Å². The first-order chi connectivity index (χ1) is 8.09. The van der Waals surface area contributed by atoms with E-state index < -0.39 is 0 Å². The Morgan fingerprint density at radius 2 is 2.00 bits per heavy atom. The highest BCUT2D eigenvalue weighted by molar-refractivity contribution is 5.28. The third kappa shape index (κ3) is 2.28. The summed E-state index contributed by atoms with van der Waals surface area (Å²) in [7, 11) is 0. The summed E-state index contributed by atoms with van der Waals surface area (Å²) in [6, 6.07) is 7.58. The predicted molar refractivity (Wildman–Crippen MR) is 68.7 cm³/mol. The van der Waals surface area contributed by atoms with Crippen molar-refractivity contribution in [2.45, 2.75) is 26.7 Å². The van der Waals surface area contributed by atoms with Crippen molar-refractivity contribution in [3.05, 3.63) is 58.1 Å². The van der Waals surface area contributed by atoms with Crippen LogP contribution in [0.25, 0.3) is 5.82 Å². The highest BCUT2D eigenvalue weighted by Crippen LogP contribution is 2.10. The Hall–Kier alpha value is -1.90. The second kappa shape index (κ2) is 4.53. The topological polar surface area (TPSA) is 34.9 Å². The van der Waals surface area contributed by atoms with Crippen LogP contribution in [0.3, 0.4) is 0 Å². The Labute approximate surface area is 101 Å². The molecule has 2 aromatic heterocycles. The molecule has 2 heterocycles. The van der Waals surface area contributed by atoms with Crippen LogP contribution in [-0.2, 0) is 0 Å². The maximum Gasteiger partial charge on any atom is 0.259 e. The largest absolute Gasteiger partial charge is 0.269 e. The Balaban J connectivity index is 2.57. The molecule has 0 saturated heterocycles. The standard InChI is InChI=1S/C14H16N2O/c1-10(2)12-5-4-8-16(14(12)17)13-7-6-11(3)9-15-13/h4-10H,1-3H3. The summed E-state index contributed by atoms with van der Waals surface area (Å²) in [4.78, 5) is 16.5. The molecule has 0 aromatic carbocycles. The minimum Gasteiger partial charge on any atom is -0.269 e. The predicted octanol–water partition coefficient (Wildman–Crippen LogP) is 2.66. The molecule has 3 heteroatoms. The van der Waals surface area contributed by atoms with Crippen molar-refractivity contribution in [3.8, 4) is 5.82 Å². The van der Waals surface area contributed by atoms with Crippen molar-refractivity contribution in [1.82, 2.24) is 9.55 Å². The summed E-state index contributed by atoms with van der Waals surface area (Å²) >= 11 is 0. The lowest BCUT2D eigenvalue weighted by molar-refractivity contribution is 0.812. The van der Waals surface area contributed by atoms with Gasteiger partial charge in [-0.15, -0.1) is 0 Å². The highest BCUT2D eigenvalue weighted by atomic mass is 16.1. The lowest BCUT2D eigenvalue weighted by Gasteiger charge is -2.09. The second-order valence-corrected chi connectivity index (χ2v) is 4.49. The molecule has 17 heavy (non-hydrogen) atoms. The molecule has 0 fully saturated rings. The van der Waals surface area contributed by atoms with E-state index in [-0.39, 0.29) is 11.5 Å². The fraction of sp³-hybridized carbons (Fsp3) is 0.286. The third-order valence-electron chi connectivity index (χ3n) is 2.74. The molecule has 0 aliphatic heterocycles. The monoisotopic (exact) mass is 228 g/mol.